The molecular weight excluding hydrogens is 218 g/mol. The minimum atomic E-state index is -0.302. The predicted molar refractivity (Wildman–Crippen MR) is 63.0 cm³/mol. The summed E-state index contributed by atoms with van der Waals surface area (Å²) in [6, 6.07) is 3.22. The third kappa shape index (κ3) is 1.99. The molecule has 1 aliphatic rings. The molecule has 1 aromatic rings. The number of nitrogens with zero attached hydrogens (tertiary/aromatic N) is 3. The Bertz CT molecular complexity index is 493. The van der Waals surface area contributed by atoms with Crippen LogP contribution in [0.25, 0.3) is 0 Å². The van der Waals surface area contributed by atoms with E-state index in [1.54, 1.807) is 18.0 Å². The molecule has 1 unspecified atom stereocenters. The Hall–Kier alpha value is -2.29. The summed E-state index contributed by atoms with van der Waals surface area (Å²) >= 11 is 0. The van der Waals surface area contributed by atoms with E-state index in [1.165, 1.54) is 6.20 Å². The molecule has 0 radical (unpaired) electrons. The molecule has 2 heterocycles. The standard InChI is InChI=1S/C11H13N5O/c1-16-5-3-8(11(16)17)15-10-9(13)7(6-12)2-4-14-10/h2,4,8H,3,5,13H2,1H3,(H,14,15). The van der Waals surface area contributed by atoms with Crippen molar-refractivity contribution in [2.24, 2.45) is 0 Å². The summed E-state index contributed by atoms with van der Waals surface area (Å²) in [5.74, 6) is 0.422. The molecule has 0 saturated carbocycles. The van der Waals surface area contributed by atoms with Crippen LogP contribution in [-0.2, 0) is 4.79 Å². The number of amides is 1. The second kappa shape index (κ2) is 4.29. The first-order valence-corrected chi connectivity index (χ1v) is 5.29. The maximum atomic E-state index is 11.7. The SMILES string of the molecule is CN1CCC(Nc2nccc(C#N)c2N)C1=O. The molecule has 0 aromatic carbocycles. The van der Waals surface area contributed by atoms with Gasteiger partial charge in [-0.2, -0.15) is 5.26 Å². The van der Waals surface area contributed by atoms with E-state index in [2.05, 4.69) is 10.3 Å². The zero-order chi connectivity index (χ0) is 12.4. The molecule has 1 fully saturated rings. The van der Waals surface area contributed by atoms with Gasteiger partial charge in [-0.25, -0.2) is 4.98 Å². The Morgan fingerprint density at radius 2 is 2.47 bits per heavy atom. The smallest absolute Gasteiger partial charge is 0.244 e. The minimum Gasteiger partial charge on any atom is -0.395 e. The lowest BCUT2D eigenvalue weighted by molar-refractivity contribution is -0.127. The summed E-state index contributed by atoms with van der Waals surface area (Å²) in [6.07, 6.45) is 2.22. The molecule has 0 aliphatic carbocycles. The number of hydrogen-bond acceptors (Lipinski definition) is 5. The van der Waals surface area contributed by atoms with Crippen LogP contribution in [0.15, 0.2) is 12.3 Å². The highest BCUT2D eigenvalue weighted by atomic mass is 16.2. The van der Waals surface area contributed by atoms with Crippen molar-refractivity contribution in [2.45, 2.75) is 12.5 Å². The number of nitrogens with two attached hydrogens (primary N) is 1. The van der Waals surface area contributed by atoms with Crippen LogP contribution in [-0.4, -0.2) is 35.4 Å². The number of likely N-dealkylation sites (N-methyl/N-ethyl adjacent to an activating group) is 1. The fraction of sp³-hybridized carbons (Fsp3) is 0.364. The summed E-state index contributed by atoms with van der Waals surface area (Å²) in [4.78, 5) is 17.4. The Labute approximate surface area is 99.0 Å². The summed E-state index contributed by atoms with van der Waals surface area (Å²) in [6.45, 7) is 0.717. The van der Waals surface area contributed by atoms with Crippen LogP contribution >= 0.6 is 0 Å². The molecule has 1 saturated heterocycles. The maximum absolute atomic E-state index is 11.7. The number of hydrogen-bond donors (Lipinski definition) is 2. The minimum absolute atomic E-state index is 0.0218. The molecule has 1 aromatic heterocycles. The normalized spacial score (nSPS) is 19.2. The van der Waals surface area contributed by atoms with Gasteiger partial charge in [0.2, 0.25) is 5.91 Å². The second-order valence-corrected chi connectivity index (χ2v) is 3.98. The van der Waals surface area contributed by atoms with Crippen LogP contribution in [0.5, 0.6) is 0 Å². The van der Waals surface area contributed by atoms with E-state index in [0.29, 0.717) is 24.3 Å². The van der Waals surface area contributed by atoms with Crippen LogP contribution in [0.4, 0.5) is 11.5 Å². The van der Waals surface area contributed by atoms with E-state index in [1.807, 2.05) is 6.07 Å². The summed E-state index contributed by atoms with van der Waals surface area (Å²) in [5, 5.41) is 11.8. The summed E-state index contributed by atoms with van der Waals surface area (Å²) in [7, 11) is 1.76. The first kappa shape index (κ1) is 11.2. The van der Waals surface area contributed by atoms with Gasteiger partial charge in [-0.05, 0) is 12.5 Å². The van der Waals surface area contributed by atoms with Crippen molar-refractivity contribution in [1.29, 1.82) is 5.26 Å². The van der Waals surface area contributed by atoms with E-state index in [0.717, 1.165) is 0 Å². The first-order valence-electron chi connectivity index (χ1n) is 5.29. The van der Waals surface area contributed by atoms with Crippen molar-refractivity contribution < 1.29 is 4.79 Å². The number of nitrogens with one attached hydrogen (secondary N) is 1. The molecule has 2 rings (SSSR count). The fourth-order valence-corrected chi connectivity index (χ4v) is 1.81. The zero-order valence-electron chi connectivity index (χ0n) is 9.47. The van der Waals surface area contributed by atoms with Crippen LogP contribution in [0.2, 0.25) is 0 Å². The van der Waals surface area contributed by atoms with Crippen molar-refractivity contribution in [2.75, 3.05) is 24.6 Å². The maximum Gasteiger partial charge on any atom is 0.244 e. The van der Waals surface area contributed by atoms with Crippen molar-refractivity contribution in [3.63, 3.8) is 0 Å². The Balaban J connectivity index is 2.20. The number of carbonyl (C=O) groups excluding carboxylic acids is 1. The molecule has 17 heavy (non-hydrogen) atoms. The van der Waals surface area contributed by atoms with Crippen LogP contribution in [0, 0.1) is 11.3 Å². The van der Waals surface area contributed by atoms with Crippen molar-refractivity contribution in [1.82, 2.24) is 9.88 Å². The highest BCUT2D eigenvalue weighted by Crippen LogP contribution is 2.22. The van der Waals surface area contributed by atoms with E-state index < -0.39 is 0 Å². The quantitative estimate of drug-likeness (QED) is 0.757. The van der Waals surface area contributed by atoms with Gasteiger partial charge in [0.25, 0.3) is 0 Å². The molecule has 88 valence electrons. The average Bonchev–Trinajstić information content (AvgIpc) is 2.64. The number of anilines is 2. The lowest BCUT2D eigenvalue weighted by atomic mass is 10.2. The number of nitrogen functional groups attached to an aromatic ring is 1. The van der Waals surface area contributed by atoms with E-state index in [-0.39, 0.29) is 17.6 Å². The van der Waals surface area contributed by atoms with Crippen LogP contribution in [0.3, 0.4) is 0 Å². The molecule has 6 nitrogen and oxygen atoms in total. The van der Waals surface area contributed by atoms with Gasteiger partial charge in [-0.3, -0.25) is 4.79 Å². The molecule has 1 atom stereocenters. The number of likely N-dealkylation sites (tertiary alicyclic amines) is 1. The van der Waals surface area contributed by atoms with Gasteiger partial charge in [0, 0.05) is 19.8 Å². The lowest BCUT2D eigenvalue weighted by Crippen LogP contribution is -2.31. The molecule has 6 heteroatoms. The number of carbonyl (C=O) groups is 1. The summed E-state index contributed by atoms with van der Waals surface area (Å²) in [5.41, 5.74) is 6.43. The highest BCUT2D eigenvalue weighted by molar-refractivity contribution is 5.87. The average molecular weight is 231 g/mol. The number of pyridine rings is 1. The zero-order valence-corrected chi connectivity index (χ0v) is 9.47. The Morgan fingerprint density at radius 3 is 3.06 bits per heavy atom. The molecule has 1 aliphatic heterocycles. The van der Waals surface area contributed by atoms with Gasteiger partial charge in [0.05, 0.1) is 11.3 Å². The van der Waals surface area contributed by atoms with Gasteiger partial charge in [-0.1, -0.05) is 0 Å². The van der Waals surface area contributed by atoms with E-state index >= 15 is 0 Å². The van der Waals surface area contributed by atoms with Crippen molar-refractivity contribution in [3.8, 4) is 6.07 Å². The van der Waals surface area contributed by atoms with Crippen LogP contribution in [0.1, 0.15) is 12.0 Å². The second-order valence-electron chi connectivity index (χ2n) is 3.98. The van der Waals surface area contributed by atoms with E-state index in [9.17, 15) is 4.79 Å². The number of rotatable bonds is 2. The lowest BCUT2D eigenvalue weighted by Gasteiger charge is -2.14. The van der Waals surface area contributed by atoms with Gasteiger partial charge >= 0.3 is 0 Å². The third-order valence-electron chi connectivity index (χ3n) is 2.85. The molecule has 1 amide bonds. The van der Waals surface area contributed by atoms with Gasteiger partial charge in [0.1, 0.15) is 12.1 Å². The Kier molecular flexibility index (Phi) is 2.83. The highest BCUT2D eigenvalue weighted by Gasteiger charge is 2.29. The predicted octanol–water partition coefficient (Wildman–Crippen LogP) is 0.178. The van der Waals surface area contributed by atoms with Crippen LogP contribution < -0.4 is 11.1 Å². The Morgan fingerprint density at radius 1 is 1.71 bits per heavy atom. The molecule has 0 bridgehead atoms. The van der Waals surface area contributed by atoms with Crippen molar-refractivity contribution in [3.05, 3.63) is 17.8 Å². The summed E-state index contributed by atoms with van der Waals surface area (Å²) < 4.78 is 0. The van der Waals surface area contributed by atoms with Gasteiger partial charge < -0.3 is 16.0 Å². The number of nitriles is 1. The molecular formula is C11H13N5O. The van der Waals surface area contributed by atoms with Gasteiger partial charge in [0.15, 0.2) is 5.82 Å². The molecule has 0 spiro atoms. The number of aromatic nitrogens is 1. The van der Waals surface area contributed by atoms with E-state index in [4.69, 9.17) is 11.0 Å². The largest absolute Gasteiger partial charge is 0.395 e. The fourth-order valence-electron chi connectivity index (χ4n) is 1.81. The van der Waals surface area contributed by atoms with Crippen molar-refractivity contribution >= 4 is 17.4 Å². The first-order chi connectivity index (χ1) is 8.13. The third-order valence-corrected chi connectivity index (χ3v) is 2.85. The molecule has 3 N–H and O–H groups in total. The monoisotopic (exact) mass is 231 g/mol. The topological polar surface area (TPSA) is 95.0 Å². The van der Waals surface area contributed by atoms with Gasteiger partial charge in [-0.15, -0.1) is 0 Å².